The molecule has 0 aliphatic carbocycles. The van der Waals surface area contributed by atoms with Crippen molar-refractivity contribution in [1.82, 2.24) is 4.90 Å². The lowest BCUT2D eigenvalue weighted by Gasteiger charge is -2.14. The SMILES string of the molecule is CN(CCBr)CCc1ccc2c(c1)CCO2. The van der Waals surface area contributed by atoms with E-state index in [1.165, 1.54) is 11.1 Å². The maximum Gasteiger partial charge on any atom is 0.122 e. The van der Waals surface area contributed by atoms with Gasteiger partial charge in [-0.25, -0.2) is 0 Å². The van der Waals surface area contributed by atoms with Gasteiger partial charge in [-0.05, 0) is 30.7 Å². The smallest absolute Gasteiger partial charge is 0.122 e. The minimum absolute atomic E-state index is 0.849. The molecule has 0 bridgehead atoms. The molecule has 0 saturated carbocycles. The molecule has 2 rings (SSSR count). The number of benzene rings is 1. The van der Waals surface area contributed by atoms with E-state index in [-0.39, 0.29) is 0 Å². The number of hydrogen-bond acceptors (Lipinski definition) is 2. The van der Waals surface area contributed by atoms with Crippen molar-refractivity contribution in [2.24, 2.45) is 0 Å². The predicted octanol–water partition coefficient (Wildman–Crippen LogP) is 2.49. The number of nitrogens with zero attached hydrogens (tertiary/aromatic N) is 1. The quantitative estimate of drug-likeness (QED) is 0.770. The average molecular weight is 284 g/mol. The van der Waals surface area contributed by atoms with Crippen LogP contribution in [-0.2, 0) is 12.8 Å². The molecule has 1 aromatic rings. The van der Waals surface area contributed by atoms with Crippen molar-refractivity contribution in [3.8, 4) is 5.75 Å². The van der Waals surface area contributed by atoms with E-state index in [9.17, 15) is 0 Å². The van der Waals surface area contributed by atoms with Crippen LogP contribution in [0.1, 0.15) is 11.1 Å². The van der Waals surface area contributed by atoms with Crippen molar-refractivity contribution in [2.45, 2.75) is 12.8 Å². The number of alkyl halides is 1. The van der Waals surface area contributed by atoms with Crippen molar-refractivity contribution in [1.29, 1.82) is 0 Å². The zero-order valence-electron chi connectivity index (χ0n) is 9.71. The average Bonchev–Trinajstić information content (AvgIpc) is 2.74. The fourth-order valence-electron chi connectivity index (χ4n) is 1.97. The first-order chi connectivity index (χ1) is 7.79. The minimum atomic E-state index is 0.849. The highest BCUT2D eigenvalue weighted by molar-refractivity contribution is 9.09. The monoisotopic (exact) mass is 283 g/mol. The van der Waals surface area contributed by atoms with E-state index in [1.807, 2.05) is 0 Å². The lowest BCUT2D eigenvalue weighted by atomic mass is 10.1. The predicted molar refractivity (Wildman–Crippen MR) is 70.6 cm³/mol. The molecule has 1 aliphatic rings. The Morgan fingerprint density at radius 3 is 3.06 bits per heavy atom. The van der Waals surface area contributed by atoms with Gasteiger partial charge in [-0.15, -0.1) is 0 Å². The maximum atomic E-state index is 5.50. The molecule has 0 saturated heterocycles. The highest BCUT2D eigenvalue weighted by Gasteiger charge is 2.11. The van der Waals surface area contributed by atoms with Crippen molar-refractivity contribution >= 4 is 15.9 Å². The summed E-state index contributed by atoms with van der Waals surface area (Å²) in [6, 6.07) is 6.60. The van der Waals surface area contributed by atoms with Gasteiger partial charge in [0.15, 0.2) is 0 Å². The van der Waals surface area contributed by atoms with Gasteiger partial charge < -0.3 is 9.64 Å². The molecule has 2 nitrogen and oxygen atoms in total. The number of likely N-dealkylation sites (N-methyl/N-ethyl adjacent to an activating group) is 1. The van der Waals surface area contributed by atoms with Crippen LogP contribution >= 0.6 is 15.9 Å². The normalized spacial score (nSPS) is 13.9. The Bertz CT molecular complexity index is 354. The third-order valence-corrected chi connectivity index (χ3v) is 3.36. The van der Waals surface area contributed by atoms with Crippen LogP contribution in [0, 0.1) is 0 Å². The molecule has 0 fully saturated rings. The van der Waals surface area contributed by atoms with Crippen molar-refractivity contribution in [3.05, 3.63) is 29.3 Å². The maximum absolute atomic E-state index is 5.50. The van der Waals surface area contributed by atoms with E-state index >= 15 is 0 Å². The molecule has 1 heterocycles. The fourth-order valence-corrected chi connectivity index (χ4v) is 2.58. The molecule has 0 atom stereocenters. The molecule has 88 valence electrons. The van der Waals surface area contributed by atoms with Gasteiger partial charge in [-0.2, -0.15) is 0 Å². The molecule has 0 aromatic heterocycles. The fraction of sp³-hybridized carbons (Fsp3) is 0.538. The van der Waals surface area contributed by atoms with E-state index < -0.39 is 0 Å². The summed E-state index contributed by atoms with van der Waals surface area (Å²) in [5.74, 6) is 1.08. The van der Waals surface area contributed by atoms with E-state index in [1.54, 1.807) is 0 Å². The van der Waals surface area contributed by atoms with E-state index in [0.29, 0.717) is 0 Å². The van der Waals surface area contributed by atoms with Crippen LogP contribution in [0.3, 0.4) is 0 Å². The molecular weight excluding hydrogens is 266 g/mol. The molecule has 1 aliphatic heterocycles. The zero-order chi connectivity index (χ0) is 11.4. The Kier molecular flexibility index (Phi) is 4.24. The van der Waals surface area contributed by atoms with Gasteiger partial charge in [0.1, 0.15) is 5.75 Å². The van der Waals surface area contributed by atoms with Crippen molar-refractivity contribution in [2.75, 3.05) is 32.1 Å². The Labute approximate surface area is 106 Å². The molecular formula is C13H18BrNO. The summed E-state index contributed by atoms with van der Waals surface area (Å²) in [6.45, 7) is 3.07. The number of rotatable bonds is 5. The minimum Gasteiger partial charge on any atom is -0.493 e. The van der Waals surface area contributed by atoms with Gasteiger partial charge in [0.05, 0.1) is 6.61 Å². The van der Waals surface area contributed by atoms with Crippen LogP contribution < -0.4 is 4.74 Å². The zero-order valence-corrected chi connectivity index (χ0v) is 11.3. The van der Waals surface area contributed by atoms with E-state index in [2.05, 4.69) is 46.1 Å². The Hall–Kier alpha value is -0.540. The van der Waals surface area contributed by atoms with Crippen LogP contribution in [0.15, 0.2) is 18.2 Å². The number of fused-ring (bicyclic) bond motifs is 1. The highest BCUT2D eigenvalue weighted by atomic mass is 79.9. The first-order valence-corrected chi connectivity index (χ1v) is 6.91. The number of hydrogen-bond donors (Lipinski definition) is 0. The van der Waals surface area contributed by atoms with E-state index in [0.717, 1.165) is 43.6 Å². The third kappa shape index (κ3) is 2.98. The van der Waals surface area contributed by atoms with Crippen molar-refractivity contribution in [3.63, 3.8) is 0 Å². The third-order valence-electron chi connectivity index (χ3n) is 3.00. The lowest BCUT2D eigenvalue weighted by molar-refractivity contribution is 0.356. The molecule has 0 radical (unpaired) electrons. The van der Waals surface area contributed by atoms with Gasteiger partial charge in [0.2, 0.25) is 0 Å². The summed E-state index contributed by atoms with van der Waals surface area (Å²) in [6.07, 6.45) is 2.19. The number of halogens is 1. The van der Waals surface area contributed by atoms with Gasteiger partial charge in [-0.3, -0.25) is 0 Å². The summed E-state index contributed by atoms with van der Waals surface area (Å²) in [4.78, 5) is 2.35. The summed E-state index contributed by atoms with van der Waals surface area (Å²) in [5.41, 5.74) is 2.80. The molecule has 3 heteroatoms. The van der Waals surface area contributed by atoms with Crippen LogP contribution in [0.2, 0.25) is 0 Å². The largest absolute Gasteiger partial charge is 0.493 e. The van der Waals surface area contributed by atoms with E-state index in [4.69, 9.17) is 4.74 Å². The summed E-state index contributed by atoms with van der Waals surface area (Å²) in [5, 5.41) is 1.04. The van der Waals surface area contributed by atoms with Crippen LogP contribution in [-0.4, -0.2) is 37.0 Å². The molecule has 0 spiro atoms. The van der Waals surface area contributed by atoms with Crippen LogP contribution in [0.25, 0.3) is 0 Å². The molecule has 16 heavy (non-hydrogen) atoms. The molecule has 0 amide bonds. The summed E-state index contributed by atoms with van der Waals surface area (Å²) < 4.78 is 5.50. The Morgan fingerprint density at radius 1 is 1.38 bits per heavy atom. The Balaban J connectivity index is 1.90. The molecule has 1 aromatic carbocycles. The van der Waals surface area contributed by atoms with Gasteiger partial charge in [-0.1, -0.05) is 28.1 Å². The van der Waals surface area contributed by atoms with Crippen molar-refractivity contribution < 1.29 is 4.74 Å². The van der Waals surface area contributed by atoms with Gasteiger partial charge >= 0.3 is 0 Å². The highest BCUT2D eigenvalue weighted by Crippen LogP contribution is 2.25. The molecule has 0 unspecified atom stereocenters. The second-order valence-electron chi connectivity index (χ2n) is 4.28. The first-order valence-electron chi connectivity index (χ1n) is 5.78. The van der Waals surface area contributed by atoms with Crippen LogP contribution in [0.4, 0.5) is 0 Å². The second kappa shape index (κ2) is 5.69. The topological polar surface area (TPSA) is 12.5 Å². The standard InChI is InChI=1S/C13H18BrNO/c1-15(8-6-14)7-4-11-2-3-13-12(10-11)5-9-16-13/h2-3,10H,4-9H2,1H3. The molecule has 0 N–H and O–H groups in total. The lowest BCUT2D eigenvalue weighted by Crippen LogP contribution is -2.23. The first kappa shape index (κ1) is 11.9. The summed E-state index contributed by atoms with van der Waals surface area (Å²) >= 11 is 3.46. The van der Waals surface area contributed by atoms with Gasteiger partial charge in [0, 0.05) is 24.8 Å². The second-order valence-corrected chi connectivity index (χ2v) is 5.08. The number of ether oxygens (including phenoxy) is 1. The Morgan fingerprint density at radius 2 is 2.25 bits per heavy atom. The summed E-state index contributed by atoms with van der Waals surface area (Å²) in [7, 11) is 2.16. The van der Waals surface area contributed by atoms with Gasteiger partial charge in [0.25, 0.3) is 0 Å². The van der Waals surface area contributed by atoms with Crippen LogP contribution in [0.5, 0.6) is 5.75 Å².